The van der Waals surface area contributed by atoms with Crippen LogP contribution in [0.5, 0.6) is 0 Å². The molecule has 0 aliphatic heterocycles. The average molecular weight is 407 g/mol. The smallest absolute Gasteiger partial charge is 0.123 e. The second-order valence-electron chi connectivity index (χ2n) is 9.12. The maximum atomic E-state index is 13.0. The lowest BCUT2D eigenvalue weighted by atomic mass is 9.83. The molecule has 0 fully saturated rings. The Labute approximate surface area is 176 Å². The summed E-state index contributed by atoms with van der Waals surface area (Å²) in [7, 11) is 0. The number of nitrogens with two attached hydrogens (primary N) is 2. The number of rotatable bonds is 4. The van der Waals surface area contributed by atoms with E-state index < -0.39 is 0 Å². The molecule has 2 nitrogen and oxygen atoms in total. The third-order valence-corrected chi connectivity index (χ3v) is 4.56. The van der Waals surface area contributed by atoms with E-state index in [1.54, 1.807) is 12.1 Å². The van der Waals surface area contributed by atoms with Crippen molar-refractivity contribution in [1.29, 1.82) is 0 Å². The summed E-state index contributed by atoms with van der Waals surface area (Å²) in [5, 5.41) is 0. The normalized spacial score (nSPS) is 11.1. The van der Waals surface area contributed by atoms with E-state index in [4.69, 9.17) is 11.5 Å². The molecule has 2 rings (SSSR count). The van der Waals surface area contributed by atoms with Gasteiger partial charge in [0.1, 0.15) is 11.6 Å². The van der Waals surface area contributed by atoms with E-state index in [1.807, 2.05) is 13.8 Å². The van der Waals surface area contributed by atoms with E-state index in [-0.39, 0.29) is 22.5 Å². The first-order chi connectivity index (χ1) is 13.3. The molecule has 0 aliphatic rings. The molecule has 164 valence electrons. The second kappa shape index (κ2) is 11.8. The number of hydrogen-bond donors (Lipinski definition) is 2. The van der Waals surface area contributed by atoms with Crippen LogP contribution in [-0.4, -0.2) is 0 Å². The number of halogens is 2. The van der Waals surface area contributed by atoms with Crippen LogP contribution < -0.4 is 11.5 Å². The molecule has 0 radical (unpaired) electrons. The fourth-order valence-electron chi connectivity index (χ4n) is 2.67. The predicted molar refractivity (Wildman–Crippen MR) is 124 cm³/mol. The lowest BCUT2D eigenvalue weighted by Gasteiger charge is -2.23. The largest absolute Gasteiger partial charge is 0.399 e. The quantitative estimate of drug-likeness (QED) is 0.519. The topological polar surface area (TPSA) is 52.0 Å². The molecule has 4 heteroatoms. The monoisotopic (exact) mass is 406 g/mol. The van der Waals surface area contributed by atoms with Gasteiger partial charge >= 0.3 is 0 Å². The van der Waals surface area contributed by atoms with Gasteiger partial charge in [0.15, 0.2) is 0 Å². The number of benzene rings is 2. The standard InChI is InChI=1S/C12H18FN.C11H16FN.C2H6/c1-4-12(2,3)8-9-7-10(13)5-6-11(9)14;1-11(2,3)7-8-6-9(12)4-5-10(8)13;1-2/h5-7H,4,8,14H2,1-3H3;4-6H,7,13H2,1-3H3;1-2H3. The minimum atomic E-state index is -0.214. The van der Waals surface area contributed by atoms with Crippen LogP contribution in [0.3, 0.4) is 0 Å². The Hall–Kier alpha value is -2.10. The summed E-state index contributed by atoms with van der Waals surface area (Å²) >= 11 is 0. The molecule has 4 N–H and O–H groups in total. The Bertz CT molecular complexity index is 747. The molecule has 0 spiro atoms. The first-order valence-electron chi connectivity index (χ1n) is 10.4. The minimum Gasteiger partial charge on any atom is -0.399 e. The molecule has 0 heterocycles. The van der Waals surface area contributed by atoms with E-state index in [0.29, 0.717) is 11.4 Å². The molecular formula is C25H40F2N2. The van der Waals surface area contributed by atoms with Crippen LogP contribution >= 0.6 is 0 Å². The molecule has 2 aromatic rings. The molecule has 0 unspecified atom stereocenters. The van der Waals surface area contributed by atoms with Crippen LogP contribution in [0, 0.1) is 22.5 Å². The SMILES string of the molecule is CC.CC(C)(C)Cc1cc(F)ccc1N.CCC(C)(C)Cc1cc(F)ccc1N. The summed E-state index contributed by atoms with van der Waals surface area (Å²) in [6, 6.07) is 9.10. The molecule has 0 amide bonds. The summed E-state index contributed by atoms with van der Waals surface area (Å²) in [5.41, 5.74) is 15.0. The van der Waals surface area contributed by atoms with Gasteiger partial charge in [0.05, 0.1) is 0 Å². The van der Waals surface area contributed by atoms with Crippen LogP contribution in [0.15, 0.2) is 36.4 Å². The van der Waals surface area contributed by atoms with Crippen molar-refractivity contribution >= 4 is 11.4 Å². The van der Waals surface area contributed by atoms with Gasteiger partial charge in [-0.2, -0.15) is 0 Å². The zero-order valence-electron chi connectivity index (χ0n) is 19.5. The van der Waals surface area contributed by atoms with Crippen molar-refractivity contribution in [2.75, 3.05) is 11.5 Å². The maximum Gasteiger partial charge on any atom is 0.123 e. The molecule has 0 bridgehead atoms. The maximum absolute atomic E-state index is 13.0. The summed E-state index contributed by atoms with van der Waals surface area (Å²) < 4.78 is 25.8. The zero-order chi connectivity index (χ0) is 22.8. The van der Waals surface area contributed by atoms with Gasteiger partial charge in [-0.3, -0.25) is 0 Å². The Kier molecular flexibility index (Phi) is 10.9. The highest BCUT2D eigenvalue weighted by Gasteiger charge is 2.17. The fraction of sp³-hybridized carbons (Fsp3) is 0.520. The van der Waals surface area contributed by atoms with Crippen LogP contribution in [0.2, 0.25) is 0 Å². The summed E-state index contributed by atoms with van der Waals surface area (Å²) in [6.07, 6.45) is 2.69. The van der Waals surface area contributed by atoms with E-state index in [9.17, 15) is 8.78 Å². The lowest BCUT2D eigenvalue weighted by molar-refractivity contribution is 0.349. The number of hydrogen-bond acceptors (Lipinski definition) is 2. The van der Waals surface area contributed by atoms with E-state index in [2.05, 4.69) is 41.5 Å². The van der Waals surface area contributed by atoms with Crippen LogP contribution in [0.1, 0.15) is 72.9 Å². The molecule has 2 aromatic carbocycles. The Balaban J connectivity index is 0.000000499. The fourth-order valence-corrected chi connectivity index (χ4v) is 2.67. The summed E-state index contributed by atoms with van der Waals surface area (Å²) in [4.78, 5) is 0. The number of nitrogen functional groups attached to an aromatic ring is 2. The third-order valence-electron chi connectivity index (χ3n) is 4.56. The molecule has 29 heavy (non-hydrogen) atoms. The molecule has 0 aromatic heterocycles. The molecule has 0 aliphatic carbocycles. The molecule has 0 saturated carbocycles. The third kappa shape index (κ3) is 10.9. The minimum absolute atomic E-state index is 0.141. The highest BCUT2D eigenvalue weighted by atomic mass is 19.1. The van der Waals surface area contributed by atoms with Gasteiger partial charge in [-0.25, -0.2) is 8.78 Å². The van der Waals surface area contributed by atoms with Crippen molar-refractivity contribution in [3.05, 3.63) is 59.2 Å². The highest BCUT2D eigenvalue weighted by Crippen LogP contribution is 2.28. The van der Waals surface area contributed by atoms with Crippen molar-refractivity contribution in [2.45, 2.75) is 74.7 Å². The van der Waals surface area contributed by atoms with Crippen molar-refractivity contribution in [2.24, 2.45) is 10.8 Å². The van der Waals surface area contributed by atoms with Gasteiger partial charge < -0.3 is 11.5 Å². The van der Waals surface area contributed by atoms with Gasteiger partial charge in [-0.1, -0.05) is 61.8 Å². The van der Waals surface area contributed by atoms with Gasteiger partial charge in [-0.15, -0.1) is 0 Å². The van der Waals surface area contributed by atoms with Crippen molar-refractivity contribution in [1.82, 2.24) is 0 Å². The first kappa shape index (κ1) is 26.9. The Morgan fingerprint density at radius 1 is 0.724 bits per heavy atom. The second-order valence-corrected chi connectivity index (χ2v) is 9.12. The molecule has 0 saturated heterocycles. The number of anilines is 2. The Morgan fingerprint density at radius 2 is 1.10 bits per heavy atom. The van der Waals surface area contributed by atoms with Gasteiger partial charge in [-0.05, 0) is 71.2 Å². The predicted octanol–water partition coefficient (Wildman–Crippen LogP) is 7.41. The van der Waals surface area contributed by atoms with Crippen molar-refractivity contribution in [3.63, 3.8) is 0 Å². The van der Waals surface area contributed by atoms with E-state index in [1.165, 1.54) is 24.3 Å². The molecule has 0 atom stereocenters. The van der Waals surface area contributed by atoms with Crippen LogP contribution in [0.4, 0.5) is 20.2 Å². The first-order valence-corrected chi connectivity index (χ1v) is 10.4. The van der Waals surface area contributed by atoms with Crippen molar-refractivity contribution in [3.8, 4) is 0 Å². The summed E-state index contributed by atoms with van der Waals surface area (Å²) in [5.74, 6) is -0.422. The van der Waals surface area contributed by atoms with Crippen LogP contribution in [-0.2, 0) is 12.8 Å². The van der Waals surface area contributed by atoms with Gasteiger partial charge in [0, 0.05) is 11.4 Å². The van der Waals surface area contributed by atoms with Crippen molar-refractivity contribution < 1.29 is 8.78 Å². The van der Waals surface area contributed by atoms with E-state index >= 15 is 0 Å². The molecular weight excluding hydrogens is 366 g/mol. The highest BCUT2D eigenvalue weighted by molar-refractivity contribution is 5.47. The average Bonchev–Trinajstić information content (AvgIpc) is 2.62. The van der Waals surface area contributed by atoms with Gasteiger partial charge in [0.25, 0.3) is 0 Å². The lowest BCUT2D eigenvalue weighted by Crippen LogP contribution is -2.14. The Morgan fingerprint density at radius 3 is 1.45 bits per heavy atom. The van der Waals surface area contributed by atoms with Gasteiger partial charge in [0.2, 0.25) is 0 Å². The van der Waals surface area contributed by atoms with Crippen LogP contribution in [0.25, 0.3) is 0 Å². The zero-order valence-corrected chi connectivity index (χ0v) is 19.5. The summed E-state index contributed by atoms with van der Waals surface area (Å²) in [6.45, 7) is 16.8. The van der Waals surface area contributed by atoms with E-state index in [0.717, 1.165) is 30.4 Å².